The molecule has 1 N–H and O–H groups in total. The second-order valence-electron chi connectivity index (χ2n) is 8.04. The van der Waals surface area contributed by atoms with Gasteiger partial charge in [-0.15, -0.1) is 11.3 Å². The Labute approximate surface area is 193 Å². The minimum atomic E-state index is -0.200. The van der Waals surface area contributed by atoms with Gasteiger partial charge in [-0.25, -0.2) is 9.97 Å². The summed E-state index contributed by atoms with van der Waals surface area (Å²) in [5.41, 5.74) is 5.08. The van der Waals surface area contributed by atoms with Crippen molar-refractivity contribution in [2.24, 2.45) is 7.05 Å². The summed E-state index contributed by atoms with van der Waals surface area (Å²) in [6.45, 7) is 4.17. The SMILES string of the molecule is Cc1ccc(-c2csc3ncn(CCC(=O)Nc4cnc5c(c4)c(C)nn5C)c(=O)c23)cc1. The molecule has 0 saturated heterocycles. The lowest BCUT2D eigenvalue weighted by Crippen LogP contribution is -2.23. The molecule has 33 heavy (non-hydrogen) atoms. The van der Waals surface area contributed by atoms with E-state index in [0.717, 1.165) is 33.4 Å². The fourth-order valence-electron chi connectivity index (χ4n) is 3.89. The number of aryl methyl sites for hydroxylation is 4. The summed E-state index contributed by atoms with van der Waals surface area (Å²) in [4.78, 5) is 35.3. The molecule has 0 aliphatic heterocycles. The monoisotopic (exact) mass is 458 g/mol. The largest absolute Gasteiger partial charge is 0.325 e. The molecule has 4 aromatic heterocycles. The number of carbonyl (C=O) groups is 1. The number of pyridine rings is 1. The van der Waals surface area contributed by atoms with Gasteiger partial charge in [0.2, 0.25) is 5.91 Å². The first-order valence-corrected chi connectivity index (χ1v) is 11.4. The highest BCUT2D eigenvalue weighted by molar-refractivity contribution is 7.17. The molecule has 0 spiro atoms. The number of fused-ring (bicyclic) bond motifs is 2. The van der Waals surface area contributed by atoms with Crippen LogP contribution in [-0.2, 0) is 18.4 Å². The third kappa shape index (κ3) is 3.91. The van der Waals surface area contributed by atoms with E-state index in [1.54, 1.807) is 10.9 Å². The lowest BCUT2D eigenvalue weighted by molar-refractivity contribution is -0.116. The van der Waals surface area contributed by atoms with Crippen molar-refractivity contribution in [2.75, 3.05) is 5.32 Å². The number of hydrogen-bond donors (Lipinski definition) is 1. The molecule has 166 valence electrons. The molecule has 1 aromatic carbocycles. The van der Waals surface area contributed by atoms with Gasteiger partial charge in [0.25, 0.3) is 5.56 Å². The van der Waals surface area contributed by atoms with Crippen LogP contribution >= 0.6 is 11.3 Å². The highest BCUT2D eigenvalue weighted by atomic mass is 32.1. The van der Waals surface area contributed by atoms with E-state index in [1.165, 1.54) is 22.2 Å². The molecule has 5 aromatic rings. The third-order valence-electron chi connectivity index (χ3n) is 5.65. The van der Waals surface area contributed by atoms with Gasteiger partial charge in [-0.3, -0.25) is 18.8 Å². The number of benzene rings is 1. The molecule has 0 saturated carbocycles. The molecule has 0 aliphatic carbocycles. The van der Waals surface area contributed by atoms with Gasteiger partial charge >= 0.3 is 0 Å². The van der Waals surface area contributed by atoms with Crippen LogP contribution in [0.2, 0.25) is 0 Å². The van der Waals surface area contributed by atoms with Gasteiger partial charge in [-0.1, -0.05) is 29.8 Å². The number of hydrogen-bond acceptors (Lipinski definition) is 6. The van der Waals surface area contributed by atoms with Crippen molar-refractivity contribution in [1.29, 1.82) is 0 Å². The van der Waals surface area contributed by atoms with Crippen LogP contribution < -0.4 is 10.9 Å². The van der Waals surface area contributed by atoms with Gasteiger partial charge in [0.1, 0.15) is 4.83 Å². The summed E-state index contributed by atoms with van der Waals surface area (Å²) < 4.78 is 3.21. The number of nitrogens with one attached hydrogen (secondary N) is 1. The van der Waals surface area contributed by atoms with Crippen molar-refractivity contribution in [3.8, 4) is 11.1 Å². The first-order chi connectivity index (χ1) is 15.9. The number of nitrogens with zero attached hydrogens (tertiary/aromatic N) is 5. The molecule has 8 nitrogen and oxygen atoms in total. The maximum atomic E-state index is 13.2. The van der Waals surface area contributed by atoms with Crippen LogP contribution in [-0.4, -0.2) is 30.2 Å². The van der Waals surface area contributed by atoms with Crippen molar-refractivity contribution in [3.63, 3.8) is 0 Å². The zero-order chi connectivity index (χ0) is 23.1. The molecule has 9 heteroatoms. The van der Waals surface area contributed by atoms with Crippen LogP contribution in [0.15, 0.2) is 53.0 Å². The van der Waals surface area contributed by atoms with Crippen molar-refractivity contribution >= 4 is 44.2 Å². The summed E-state index contributed by atoms with van der Waals surface area (Å²) in [6, 6.07) is 9.93. The maximum absolute atomic E-state index is 13.2. The highest BCUT2D eigenvalue weighted by Crippen LogP contribution is 2.30. The zero-order valence-corrected chi connectivity index (χ0v) is 19.3. The van der Waals surface area contributed by atoms with E-state index >= 15 is 0 Å². The lowest BCUT2D eigenvalue weighted by Gasteiger charge is -2.08. The molecule has 0 unspecified atom stereocenters. The average Bonchev–Trinajstić information content (AvgIpc) is 3.35. The van der Waals surface area contributed by atoms with Gasteiger partial charge < -0.3 is 5.32 Å². The van der Waals surface area contributed by atoms with Crippen molar-refractivity contribution < 1.29 is 4.79 Å². The Kier molecular flexibility index (Phi) is 5.26. The lowest BCUT2D eigenvalue weighted by atomic mass is 10.1. The van der Waals surface area contributed by atoms with Crippen LogP contribution in [0.4, 0.5) is 5.69 Å². The normalized spacial score (nSPS) is 11.4. The number of aromatic nitrogens is 5. The molecule has 4 heterocycles. The van der Waals surface area contributed by atoms with Crippen LogP contribution in [0.1, 0.15) is 17.7 Å². The maximum Gasteiger partial charge on any atom is 0.262 e. The molecule has 0 fully saturated rings. The van der Waals surface area contributed by atoms with Crippen LogP contribution in [0.5, 0.6) is 0 Å². The number of thiophene rings is 1. The predicted molar refractivity (Wildman–Crippen MR) is 131 cm³/mol. The van der Waals surface area contributed by atoms with Crippen molar-refractivity contribution in [3.05, 3.63) is 69.8 Å². The van der Waals surface area contributed by atoms with Gasteiger partial charge in [0.15, 0.2) is 5.65 Å². The molecule has 0 atom stereocenters. The number of carbonyl (C=O) groups excluding carboxylic acids is 1. The summed E-state index contributed by atoms with van der Waals surface area (Å²) in [5, 5.41) is 10.7. The Balaban J connectivity index is 1.35. The Morgan fingerprint density at radius 3 is 2.73 bits per heavy atom. The minimum Gasteiger partial charge on any atom is -0.325 e. The number of anilines is 1. The van der Waals surface area contributed by atoms with Crippen LogP contribution in [0.25, 0.3) is 32.4 Å². The van der Waals surface area contributed by atoms with Crippen LogP contribution in [0, 0.1) is 13.8 Å². The summed E-state index contributed by atoms with van der Waals surface area (Å²) in [6.07, 6.45) is 3.27. The van der Waals surface area contributed by atoms with E-state index < -0.39 is 0 Å². The van der Waals surface area contributed by atoms with Gasteiger partial charge in [0.05, 0.1) is 29.3 Å². The molecule has 0 radical (unpaired) electrons. The van der Waals surface area contributed by atoms with E-state index in [4.69, 9.17) is 0 Å². The summed E-state index contributed by atoms with van der Waals surface area (Å²) in [5.74, 6) is -0.200. The van der Waals surface area contributed by atoms with Gasteiger partial charge in [-0.05, 0) is 25.5 Å². The van der Waals surface area contributed by atoms with Crippen molar-refractivity contribution in [2.45, 2.75) is 26.8 Å². The molecule has 5 rings (SSSR count). The second-order valence-corrected chi connectivity index (χ2v) is 8.90. The minimum absolute atomic E-state index is 0.140. The van der Waals surface area contributed by atoms with E-state index in [1.807, 2.05) is 56.6 Å². The quantitative estimate of drug-likeness (QED) is 0.429. The molecular weight excluding hydrogens is 436 g/mol. The van der Waals surface area contributed by atoms with Gasteiger partial charge in [-0.2, -0.15) is 5.10 Å². The average molecular weight is 459 g/mol. The topological polar surface area (TPSA) is 94.7 Å². The Morgan fingerprint density at radius 1 is 1.15 bits per heavy atom. The second kappa shape index (κ2) is 8.25. The fourth-order valence-corrected chi connectivity index (χ4v) is 4.80. The first kappa shape index (κ1) is 21.0. The Bertz CT molecular complexity index is 1560. The summed E-state index contributed by atoms with van der Waals surface area (Å²) >= 11 is 1.45. The summed E-state index contributed by atoms with van der Waals surface area (Å²) in [7, 11) is 1.83. The number of rotatable bonds is 5. The fraction of sp³-hybridized carbons (Fsp3) is 0.208. The predicted octanol–water partition coefficient (Wildman–Crippen LogP) is 4.05. The first-order valence-electron chi connectivity index (χ1n) is 10.5. The number of amides is 1. The highest BCUT2D eigenvalue weighted by Gasteiger charge is 2.14. The van der Waals surface area contributed by atoms with Crippen molar-refractivity contribution in [1.82, 2.24) is 24.3 Å². The Hall–Kier alpha value is -3.85. The zero-order valence-electron chi connectivity index (χ0n) is 18.5. The molecule has 0 aliphatic rings. The molecule has 0 bridgehead atoms. The van der Waals surface area contributed by atoms with E-state index in [9.17, 15) is 9.59 Å². The third-order valence-corrected chi connectivity index (χ3v) is 6.54. The Morgan fingerprint density at radius 2 is 1.94 bits per heavy atom. The smallest absolute Gasteiger partial charge is 0.262 e. The molecule has 1 amide bonds. The van der Waals surface area contributed by atoms with Gasteiger partial charge in [0, 0.05) is 36.3 Å². The standard InChI is InChI=1S/C24H22N6O2S/c1-14-4-6-16(7-5-14)19-12-33-23-21(19)24(32)30(13-26-23)9-8-20(31)27-17-10-18-15(2)28-29(3)22(18)25-11-17/h4-7,10-13H,8-9H2,1-3H3,(H,27,31). The van der Waals surface area contributed by atoms with Crippen LogP contribution in [0.3, 0.4) is 0 Å². The van der Waals surface area contributed by atoms with E-state index in [-0.39, 0.29) is 24.4 Å². The van der Waals surface area contributed by atoms with E-state index in [0.29, 0.717) is 15.9 Å². The van der Waals surface area contributed by atoms with E-state index in [2.05, 4.69) is 20.4 Å². The molecular formula is C24H22N6O2S.